The van der Waals surface area contributed by atoms with Gasteiger partial charge >= 0.3 is 0 Å². The van der Waals surface area contributed by atoms with Crippen molar-refractivity contribution in [3.05, 3.63) is 35.4 Å². The third-order valence-corrected chi connectivity index (χ3v) is 5.87. The van der Waals surface area contributed by atoms with Gasteiger partial charge in [-0.15, -0.1) is 24.8 Å². The number of likely N-dealkylation sites (tertiary alicyclic amines) is 1. The number of halogens is 4. The van der Waals surface area contributed by atoms with Gasteiger partial charge < -0.3 is 10.6 Å². The van der Waals surface area contributed by atoms with Crippen molar-refractivity contribution in [2.24, 2.45) is 11.7 Å². The highest BCUT2D eigenvalue weighted by Crippen LogP contribution is 2.47. The molecule has 0 radical (unpaired) electrons. The van der Waals surface area contributed by atoms with E-state index in [0.717, 1.165) is 32.0 Å². The molecule has 1 aromatic carbocycles. The maximum Gasteiger partial charge on any atom is 0.236 e. The largest absolute Gasteiger partial charge is 0.336 e. The average Bonchev–Trinajstić information content (AvgIpc) is 3.00. The van der Waals surface area contributed by atoms with Crippen LogP contribution in [0, 0.1) is 17.6 Å². The monoisotopic (exact) mass is 393 g/mol. The standard InChI is InChI=1S/C17H21F2N3O.2ClH/c18-13-3-1-2-11(15(13)19)12-9-22(14(23)8-20)16-10-4-6-21(7-5-10)17(12)16;;/h1-3,10,12,16-17H,4-9,20H2;2*1H/t12-,16+,17+;;/m0../s1. The molecule has 2 bridgehead atoms. The summed E-state index contributed by atoms with van der Waals surface area (Å²) in [7, 11) is 0. The van der Waals surface area contributed by atoms with E-state index in [1.807, 2.05) is 4.90 Å². The van der Waals surface area contributed by atoms with Gasteiger partial charge in [-0.3, -0.25) is 9.69 Å². The molecule has 4 saturated heterocycles. The lowest BCUT2D eigenvalue weighted by atomic mass is 9.75. The van der Waals surface area contributed by atoms with Gasteiger partial charge in [0.05, 0.1) is 12.6 Å². The average molecular weight is 394 g/mol. The molecule has 8 heteroatoms. The second kappa shape index (κ2) is 7.74. The second-order valence-corrected chi connectivity index (χ2v) is 6.85. The number of fused-ring (bicyclic) bond motifs is 2. The van der Waals surface area contributed by atoms with Crippen LogP contribution in [0.2, 0.25) is 0 Å². The van der Waals surface area contributed by atoms with Crippen LogP contribution in [0.4, 0.5) is 8.78 Å². The third kappa shape index (κ3) is 3.14. The van der Waals surface area contributed by atoms with Gasteiger partial charge in [-0.25, -0.2) is 8.78 Å². The SMILES string of the molecule is Cl.Cl.NCC(=O)N1C[C@@H](c2cccc(F)c2F)[C@@H]2[C@H]1C1CCN2CC1. The van der Waals surface area contributed by atoms with Gasteiger partial charge in [-0.05, 0) is 43.5 Å². The lowest BCUT2D eigenvalue weighted by Crippen LogP contribution is -2.61. The molecular formula is C17H23Cl2F2N3O. The van der Waals surface area contributed by atoms with E-state index in [1.54, 1.807) is 12.1 Å². The molecule has 5 rings (SSSR count). The van der Waals surface area contributed by atoms with E-state index in [4.69, 9.17) is 5.73 Å². The van der Waals surface area contributed by atoms with E-state index >= 15 is 0 Å². The highest BCUT2D eigenvalue weighted by molar-refractivity contribution is 5.85. The van der Waals surface area contributed by atoms with Gasteiger partial charge in [0.15, 0.2) is 11.6 Å². The zero-order chi connectivity index (χ0) is 16.1. The Morgan fingerprint density at radius 2 is 1.84 bits per heavy atom. The minimum absolute atomic E-state index is 0. The number of benzene rings is 1. The van der Waals surface area contributed by atoms with E-state index in [2.05, 4.69) is 4.90 Å². The predicted octanol–water partition coefficient (Wildman–Crippen LogP) is 2.16. The molecule has 1 amide bonds. The first-order valence-corrected chi connectivity index (χ1v) is 8.29. The zero-order valence-electron chi connectivity index (χ0n) is 13.7. The first-order valence-electron chi connectivity index (χ1n) is 8.29. The van der Waals surface area contributed by atoms with Crippen molar-refractivity contribution < 1.29 is 13.6 Å². The summed E-state index contributed by atoms with van der Waals surface area (Å²) < 4.78 is 28.0. The Kier molecular flexibility index (Phi) is 6.30. The number of hydrogen-bond acceptors (Lipinski definition) is 3. The Labute approximate surface area is 158 Å². The number of nitrogens with zero attached hydrogens (tertiary/aromatic N) is 2. The van der Waals surface area contributed by atoms with Crippen molar-refractivity contribution in [1.29, 1.82) is 0 Å². The summed E-state index contributed by atoms with van der Waals surface area (Å²) in [6.07, 6.45) is 2.13. The maximum atomic E-state index is 14.3. The first kappa shape index (κ1) is 20.4. The van der Waals surface area contributed by atoms with E-state index in [0.29, 0.717) is 18.0 Å². The van der Waals surface area contributed by atoms with Crippen molar-refractivity contribution in [3.8, 4) is 0 Å². The number of nitrogens with two attached hydrogens (primary N) is 1. The van der Waals surface area contributed by atoms with Crippen LogP contribution in [0.5, 0.6) is 0 Å². The van der Waals surface area contributed by atoms with Crippen molar-refractivity contribution in [2.45, 2.75) is 30.8 Å². The second-order valence-electron chi connectivity index (χ2n) is 6.85. The summed E-state index contributed by atoms with van der Waals surface area (Å²) in [6, 6.07) is 4.50. The molecule has 4 nitrogen and oxygen atoms in total. The topological polar surface area (TPSA) is 49.6 Å². The van der Waals surface area contributed by atoms with E-state index in [9.17, 15) is 13.6 Å². The van der Waals surface area contributed by atoms with Gasteiger partial charge in [0.2, 0.25) is 5.91 Å². The third-order valence-electron chi connectivity index (χ3n) is 5.87. The molecule has 4 aliphatic rings. The number of hydrogen-bond donors (Lipinski definition) is 1. The molecule has 0 aromatic heterocycles. The Bertz CT molecular complexity index is 640. The smallest absolute Gasteiger partial charge is 0.236 e. The summed E-state index contributed by atoms with van der Waals surface area (Å²) in [5.41, 5.74) is 5.96. The minimum atomic E-state index is -0.821. The number of piperidine rings is 3. The molecular weight excluding hydrogens is 371 g/mol. The van der Waals surface area contributed by atoms with Gasteiger partial charge in [-0.1, -0.05) is 12.1 Å². The zero-order valence-corrected chi connectivity index (χ0v) is 15.4. The fraction of sp³-hybridized carbons (Fsp3) is 0.588. The summed E-state index contributed by atoms with van der Waals surface area (Å²) in [6.45, 7) is 2.35. The van der Waals surface area contributed by atoms with Crippen molar-refractivity contribution in [3.63, 3.8) is 0 Å². The summed E-state index contributed by atoms with van der Waals surface area (Å²) in [5, 5.41) is 0. The van der Waals surface area contributed by atoms with Gasteiger partial charge in [0.25, 0.3) is 0 Å². The highest BCUT2D eigenvalue weighted by atomic mass is 35.5. The molecule has 4 aliphatic heterocycles. The number of carbonyl (C=O) groups excluding carboxylic acids is 1. The van der Waals surface area contributed by atoms with Crippen molar-refractivity contribution in [2.75, 3.05) is 26.2 Å². The normalized spacial score (nSPS) is 32.6. The lowest BCUT2D eigenvalue weighted by Gasteiger charge is -2.51. The number of rotatable bonds is 2. The van der Waals surface area contributed by atoms with Crippen LogP contribution in [-0.2, 0) is 4.79 Å². The van der Waals surface area contributed by atoms with Gasteiger partial charge in [0.1, 0.15) is 0 Å². The van der Waals surface area contributed by atoms with Crippen LogP contribution < -0.4 is 5.73 Å². The molecule has 0 aliphatic carbocycles. The van der Waals surface area contributed by atoms with E-state index < -0.39 is 11.6 Å². The minimum Gasteiger partial charge on any atom is -0.336 e. The summed E-state index contributed by atoms with van der Waals surface area (Å²) >= 11 is 0. The molecule has 0 unspecified atom stereocenters. The predicted molar refractivity (Wildman–Crippen MR) is 96.2 cm³/mol. The quantitative estimate of drug-likeness (QED) is 0.837. The van der Waals surface area contributed by atoms with Gasteiger partial charge in [-0.2, -0.15) is 0 Å². The maximum absolute atomic E-state index is 14.3. The molecule has 2 N–H and O–H groups in total. The van der Waals surface area contributed by atoms with Crippen LogP contribution in [-0.4, -0.2) is 54.0 Å². The fourth-order valence-corrected chi connectivity index (χ4v) is 4.90. The van der Waals surface area contributed by atoms with Crippen LogP contribution >= 0.6 is 24.8 Å². The molecule has 140 valence electrons. The Hall–Kier alpha value is -0.950. The fourth-order valence-electron chi connectivity index (χ4n) is 4.90. The van der Waals surface area contributed by atoms with Crippen molar-refractivity contribution in [1.82, 2.24) is 9.80 Å². The molecule has 4 fully saturated rings. The Morgan fingerprint density at radius 3 is 2.48 bits per heavy atom. The molecule has 3 atom stereocenters. The van der Waals surface area contributed by atoms with Crippen LogP contribution in [0.3, 0.4) is 0 Å². The van der Waals surface area contributed by atoms with Gasteiger partial charge in [0, 0.05) is 18.5 Å². The van der Waals surface area contributed by atoms with Crippen LogP contribution in [0.25, 0.3) is 0 Å². The Balaban J connectivity index is 0.00000113. The molecule has 25 heavy (non-hydrogen) atoms. The van der Waals surface area contributed by atoms with E-state index in [1.165, 1.54) is 0 Å². The van der Waals surface area contributed by atoms with Crippen molar-refractivity contribution >= 4 is 30.7 Å². The summed E-state index contributed by atoms with van der Waals surface area (Å²) in [4.78, 5) is 16.5. The molecule has 0 saturated carbocycles. The highest BCUT2D eigenvalue weighted by Gasteiger charge is 2.54. The van der Waals surface area contributed by atoms with Crippen LogP contribution in [0.15, 0.2) is 18.2 Å². The molecule has 1 aromatic rings. The van der Waals surface area contributed by atoms with E-state index in [-0.39, 0.29) is 55.3 Å². The summed E-state index contributed by atoms with van der Waals surface area (Å²) in [5.74, 6) is -1.43. The Morgan fingerprint density at radius 1 is 1.16 bits per heavy atom. The number of carbonyl (C=O) groups is 1. The molecule has 4 heterocycles. The number of amides is 1. The van der Waals surface area contributed by atoms with Crippen LogP contribution in [0.1, 0.15) is 24.3 Å². The molecule has 0 spiro atoms. The first-order chi connectivity index (χ1) is 11.1. The lowest BCUT2D eigenvalue weighted by molar-refractivity contribution is -0.134.